The first-order valence-electron chi connectivity index (χ1n) is 5.99. The third kappa shape index (κ3) is 4.14. The van der Waals surface area contributed by atoms with Crippen molar-refractivity contribution in [2.24, 2.45) is 5.92 Å². The number of nitrogens with one attached hydrogen (secondary N) is 1. The maximum absolute atomic E-state index is 13.6. The van der Waals surface area contributed by atoms with Crippen LogP contribution in [0.2, 0.25) is 0 Å². The van der Waals surface area contributed by atoms with Crippen LogP contribution in [0.25, 0.3) is 0 Å². The van der Waals surface area contributed by atoms with Crippen molar-refractivity contribution in [3.05, 3.63) is 23.8 Å². The lowest BCUT2D eigenvalue weighted by Gasteiger charge is -2.10. The summed E-state index contributed by atoms with van der Waals surface area (Å²) in [6.07, 6.45) is 1.51. The zero-order chi connectivity index (χ0) is 14.6. The molecule has 0 aromatic heterocycles. The van der Waals surface area contributed by atoms with Gasteiger partial charge in [0, 0.05) is 6.54 Å². The molecule has 0 aliphatic carbocycles. The van der Waals surface area contributed by atoms with Gasteiger partial charge in [0.15, 0.2) is 5.82 Å². The van der Waals surface area contributed by atoms with Crippen LogP contribution in [0.15, 0.2) is 17.0 Å². The second-order valence-electron chi connectivity index (χ2n) is 4.71. The molecule has 0 unspecified atom stereocenters. The molecule has 0 aliphatic rings. The number of anilines is 1. The SMILES string of the molecule is CC(C)CCCNS(=O)(=O)c1ccc(F)c(N)c1F. The fraction of sp³-hybridized carbons (Fsp3) is 0.500. The van der Waals surface area contributed by atoms with Crippen molar-refractivity contribution in [2.75, 3.05) is 12.3 Å². The van der Waals surface area contributed by atoms with Gasteiger partial charge < -0.3 is 5.73 Å². The van der Waals surface area contributed by atoms with E-state index in [0.717, 1.165) is 18.6 Å². The monoisotopic (exact) mass is 292 g/mol. The van der Waals surface area contributed by atoms with Crippen molar-refractivity contribution in [3.63, 3.8) is 0 Å². The third-order valence-corrected chi connectivity index (χ3v) is 4.11. The highest BCUT2D eigenvalue weighted by molar-refractivity contribution is 7.89. The summed E-state index contributed by atoms with van der Waals surface area (Å²) in [7, 11) is -4.00. The predicted octanol–water partition coefficient (Wildman–Crippen LogP) is 2.26. The van der Waals surface area contributed by atoms with E-state index in [1.165, 1.54) is 0 Å². The lowest BCUT2D eigenvalue weighted by molar-refractivity contribution is 0.531. The van der Waals surface area contributed by atoms with Gasteiger partial charge in [0.1, 0.15) is 16.4 Å². The molecule has 19 heavy (non-hydrogen) atoms. The van der Waals surface area contributed by atoms with E-state index in [2.05, 4.69) is 4.72 Å². The number of halogens is 2. The molecule has 0 atom stereocenters. The van der Waals surface area contributed by atoms with Gasteiger partial charge >= 0.3 is 0 Å². The van der Waals surface area contributed by atoms with E-state index < -0.39 is 32.2 Å². The van der Waals surface area contributed by atoms with Gasteiger partial charge in [0.05, 0.1) is 0 Å². The Morgan fingerprint density at radius 1 is 1.32 bits per heavy atom. The molecule has 0 spiro atoms. The molecular weight excluding hydrogens is 274 g/mol. The summed E-state index contributed by atoms with van der Waals surface area (Å²) >= 11 is 0. The van der Waals surface area contributed by atoms with Crippen LogP contribution in [0.3, 0.4) is 0 Å². The van der Waals surface area contributed by atoms with Gasteiger partial charge in [-0.15, -0.1) is 0 Å². The fourth-order valence-electron chi connectivity index (χ4n) is 1.55. The Morgan fingerprint density at radius 2 is 1.95 bits per heavy atom. The van der Waals surface area contributed by atoms with E-state index in [1.807, 2.05) is 13.8 Å². The van der Waals surface area contributed by atoms with E-state index in [4.69, 9.17) is 5.73 Å². The summed E-state index contributed by atoms with van der Waals surface area (Å²) < 4.78 is 52.5. The van der Waals surface area contributed by atoms with Crippen LogP contribution in [-0.2, 0) is 10.0 Å². The molecule has 0 aliphatic heterocycles. The van der Waals surface area contributed by atoms with Gasteiger partial charge in [-0.1, -0.05) is 13.8 Å². The van der Waals surface area contributed by atoms with Crippen LogP contribution in [0.4, 0.5) is 14.5 Å². The van der Waals surface area contributed by atoms with Crippen LogP contribution >= 0.6 is 0 Å². The standard InChI is InChI=1S/C12H18F2N2O2S/c1-8(2)4-3-7-16-19(17,18)10-6-5-9(13)12(15)11(10)14/h5-6,8,16H,3-4,7,15H2,1-2H3. The Balaban J connectivity index is 2.81. The largest absolute Gasteiger partial charge is 0.394 e. The highest BCUT2D eigenvalue weighted by atomic mass is 32.2. The highest BCUT2D eigenvalue weighted by Crippen LogP contribution is 2.22. The minimum atomic E-state index is -4.00. The van der Waals surface area contributed by atoms with Crippen LogP contribution in [0.1, 0.15) is 26.7 Å². The molecule has 7 heteroatoms. The van der Waals surface area contributed by atoms with Crippen molar-refractivity contribution in [3.8, 4) is 0 Å². The number of hydrogen-bond donors (Lipinski definition) is 2. The zero-order valence-electron chi connectivity index (χ0n) is 10.9. The maximum atomic E-state index is 13.6. The molecule has 1 rings (SSSR count). The third-order valence-electron chi connectivity index (χ3n) is 2.63. The van der Waals surface area contributed by atoms with Crippen molar-refractivity contribution < 1.29 is 17.2 Å². The summed E-state index contributed by atoms with van der Waals surface area (Å²) in [5.74, 6) is -1.77. The molecule has 0 heterocycles. The van der Waals surface area contributed by atoms with Crippen molar-refractivity contribution >= 4 is 15.7 Å². The predicted molar refractivity (Wildman–Crippen MR) is 70.0 cm³/mol. The Labute approximate surface area is 112 Å². The van der Waals surface area contributed by atoms with E-state index in [0.29, 0.717) is 12.3 Å². The molecule has 0 saturated heterocycles. The Bertz CT molecular complexity index is 545. The molecule has 0 bridgehead atoms. The van der Waals surface area contributed by atoms with Crippen LogP contribution in [0, 0.1) is 17.6 Å². The van der Waals surface area contributed by atoms with E-state index in [-0.39, 0.29) is 6.54 Å². The minimum absolute atomic E-state index is 0.206. The van der Waals surface area contributed by atoms with Crippen LogP contribution in [-0.4, -0.2) is 15.0 Å². The molecule has 3 N–H and O–H groups in total. The molecular formula is C12H18F2N2O2S. The average molecular weight is 292 g/mol. The van der Waals surface area contributed by atoms with E-state index in [9.17, 15) is 17.2 Å². The highest BCUT2D eigenvalue weighted by Gasteiger charge is 2.22. The van der Waals surface area contributed by atoms with Gasteiger partial charge in [-0.05, 0) is 30.9 Å². The molecule has 1 aromatic rings. The first kappa shape index (κ1) is 15.8. The minimum Gasteiger partial charge on any atom is -0.394 e. The Kier molecular flexibility index (Phi) is 5.25. The van der Waals surface area contributed by atoms with Gasteiger partial charge in [-0.25, -0.2) is 21.9 Å². The molecule has 108 valence electrons. The molecule has 4 nitrogen and oxygen atoms in total. The number of hydrogen-bond acceptors (Lipinski definition) is 3. The average Bonchev–Trinajstić information content (AvgIpc) is 2.31. The fourth-order valence-corrected chi connectivity index (χ4v) is 2.71. The summed E-state index contributed by atoms with van der Waals surface area (Å²) in [5, 5.41) is 0. The second-order valence-corrected chi connectivity index (χ2v) is 6.44. The van der Waals surface area contributed by atoms with Crippen molar-refractivity contribution in [1.82, 2.24) is 4.72 Å². The van der Waals surface area contributed by atoms with Crippen LogP contribution in [0.5, 0.6) is 0 Å². The number of sulfonamides is 1. The number of rotatable bonds is 6. The van der Waals surface area contributed by atoms with E-state index in [1.54, 1.807) is 0 Å². The van der Waals surface area contributed by atoms with Crippen molar-refractivity contribution in [2.45, 2.75) is 31.6 Å². The Morgan fingerprint density at radius 3 is 2.53 bits per heavy atom. The van der Waals surface area contributed by atoms with Gasteiger partial charge in [-0.2, -0.15) is 0 Å². The van der Waals surface area contributed by atoms with Crippen molar-refractivity contribution in [1.29, 1.82) is 0 Å². The quantitative estimate of drug-likeness (QED) is 0.624. The molecule has 0 amide bonds. The second kappa shape index (κ2) is 6.29. The summed E-state index contributed by atoms with van der Waals surface area (Å²) in [4.78, 5) is -0.629. The summed E-state index contributed by atoms with van der Waals surface area (Å²) in [5.41, 5.74) is 4.34. The summed E-state index contributed by atoms with van der Waals surface area (Å²) in [6, 6.07) is 1.70. The lowest BCUT2D eigenvalue weighted by Crippen LogP contribution is -2.26. The molecule has 0 saturated carbocycles. The first-order valence-corrected chi connectivity index (χ1v) is 7.47. The van der Waals surface area contributed by atoms with E-state index >= 15 is 0 Å². The van der Waals surface area contributed by atoms with Gasteiger partial charge in [0.2, 0.25) is 10.0 Å². The molecule has 1 aromatic carbocycles. The first-order chi connectivity index (χ1) is 8.75. The zero-order valence-corrected chi connectivity index (χ0v) is 11.7. The molecule has 0 fully saturated rings. The van der Waals surface area contributed by atoms with Gasteiger partial charge in [-0.3, -0.25) is 0 Å². The number of nitrogen functional groups attached to an aromatic ring is 1. The number of benzene rings is 1. The maximum Gasteiger partial charge on any atom is 0.243 e. The Hall–Kier alpha value is -1.21. The normalized spacial score (nSPS) is 12.1. The topological polar surface area (TPSA) is 72.2 Å². The van der Waals surface area contributed by atoms with Gasteiger partial charge in [0.25, 0.3) is 0 Å². The van der Waals surface area contributed by atoms with Crippen LogP contribution < -0.4 is 10.5 Å². The lowest BCUT2D eigenvalue weighted by atomic mass is 10.1. The smallest absolute Gasteiger partial charge is 0.243 e. The molecule has 0 radical (unpaired) electrons. The number of nitrogens with two attached hydrogens (primary N) is 1. The summed E-state index contributed by atoms with van der Waals surface area (Å²) in [6.45, 7) is 4.25.